The summed E-state index contributed by atoms with van der Waals surface area (Å²) in [6, 6.07) is 16.2. The summed E-state index contributed by atoms with van der Waals surface area (Å²) >= 11 is 6.39. The first-order valence-corrected chi connectivity index (χ1v) is 9.84. The van der Waals surface area contributed by atoms with Crippen LogP contribution >= 0.6 is 11.6 Å². The molecular formula is C21H22ClN5. The molecule has 4 N–H and O–H groups in total. The first kappa shape index (κ1) is 16.6. The smallest absolute Gasteiger partial charge is 0.223 e. The SMILES string of the molecule is Nc1nc(N)c(C2CC3CCC(C2)N3c2cccc3ccccc23)c(Cl)n1. The molecule has 5 nitrogen and oxygen atoms in total. The number of rotatable bonds is 2. The molecule has 3 heterocycles. The zero-order chi connectivity index (χ0) is 18.5. The number of aromatic nitrogens is 2. The van der Waals surface area contributed by atoms with Crippen LogP contribution in [0.2, 0.25) is 5.15 Å². The molecule has 2 atom stereocenters. The van der Waals surface area contributed by atoms with Crippen molar-refractivity contribution in [1.29, 1.82) is 0 Å². The highest BCUT2D eigenvalue weighted by atomic mass is 35.5. The van der Waals surface area contributed by atoms with Crippen LogP contribution in [0.4, 0.5) is 17.5 Å². The topological polar surface area (TPSA) is 81.1 Å². The highest BCUT2D eigenvalue weighted by molar-refractivity contribution is 6.30. The third-order valence-electron chi connectivity index (χ3n) is 6.13. The molecule has 2 aliphatic rings. The molecule has 2 unspecified atom stereocenters. The second kappa shape index (κ2) is 6.27. The molecule has 0 saturated carbocycles. The van der Waals surface area contributed by atoms with Crippen LogP contribution in [-0.4, -0.2) is 22.1 Å². The maximum absolute atomic E-state index is 6.39. The molecule has 2 bridgehead atoms. The molecule has 2 aromatic carbocycles. The minimum Gasteiger partial charge on any atom is -0.383 e. The van der Waals surface area contributed by atoms with Crippen LogP contribution < -0.4 is 16.4 Å². The monoisotopic (exact) mass is 379 g/mol. The quantitative estimate of drug-likeness (QED) is 0.646. The Labute approximate surface area is 163 Å². The van der Waals surface area contributed by atoms with E-state index in [1.54, 1.807) is 0 Å². The minimum absolute atomic E-state index is 0.136. The van der Waals surface area contributed by atoms with E-state index < -0.39 is 0 Å². The molecule has 3 aromatic rings. The number of hydrogen-bond acceptors (Lipinski definition) is 5. The van der Waals surface area contributed by atoms with Gasteiger partial charge < -0.3 is 16.4 Å². The predicted octanol–water partition coefficient (Wildman–Crippen LogP) is 4.36. The lowest BCUT2D eigenvalue weighted by Gasteiger charge is -2.41. The van der Waals surface area contributed by atoms with E-state index in [1.807, 2.05) is 0 Å². The fraction of sp³-hybridized carbons (Fsp3) is 0.333. The van der Waals surface area contributed by atoms with Crippen molar-refractivity contribution in [2.24, 2.45) is 0 Å². The van der Waals surface area contributed by atoms with E-state index in [9.17, 15) is 0 Å². The van der Waals surface area contributed by atoms with E-state index in [2.05, 4.69) is 57.3 Å². The van der Waals surface area contributed by atoms with Gasteiger partial charge in [-0.3, -0.25) is 0 Å². The molecule has 5 rings (SSSR count). The Morgan fingerprint density at radius 1 is 0.926 bits per heavy atom. The highest BCUT2D eigenvalue weighted by Crippen LogP contribution is 2.48. The lowest BCUT2D eigenvalue weighted by Crippen LogP contribution is -2.42. The van der Waals surface area contributed by atoms with Crippen LogP contribution in [0, 0.1) is 0 Å². The maximum atomic E-state index is 6.39. The number of fused-ring (bicyclic) bond motifs is 3. The van der Waals surface area contributed by atoms with E-state index in [0.717, 1.165) is 18.4 Å². The van der Waals surface area contributed by atoms with Crippen molar-refractivity contribution in [3.8, 4) is 0 Å². The van der Waals surface area contributed by atoms with Gasteiger partial charge in [0.05, 0.1) is 0 Å². The van der Waals surface area contributed by atoms with Crippen molar-refractivity contribution in [2.75, 3.05) is 16.4 Å². The fourth-order valence-electron chi connectivity index (χ4n) is 5.09. The van der Waals surface area contributed by atoms with Crippen LogP contribution in [0.15, 0.2) is 42.5 Å². The zero-order valence-corrected chi connectivity index (χ0v) is 15.7. The lowest BCUT2D eigenvalue weighted by molar-refractivity contribution is 0.416. The molecule has 0 spiro atoms. The molecule has 0 aliphatic carbocycles. The summed E-state index contributed by atoms with van der Waals surface area (Å²) in [5, 5.41) is 3.02. The van der Waals surface area contributed by atoms with Gasteiger partial charge in [0, 0.05) is 28.7 Å². The van der Waals surface area contributed by atoms with Crippen molar-refractivity contribution in [3.63, 3.8) is 0 Å². The van der Waals surface area contributed by atoms with Crippen molar-refractivity contribution in [3.05, 3.63) is 53.2 Å². The maximum Gasteiger partial charge on any atom is 0.223 e. The molecule has 27 heavy (non-hydrogen) atoms. The second-order valence-electron chi connectivity index (χ2n) is 7.63. The van der Waals surface area contributed by atoms with Gasteiger partial charge in [0.1, 0.15) is 11.0 Å². The Morgan fingerprint density at radius 2 is 1.63 bits per heavy atom. The van der Waals surface area contributed by atoms with Gasteiger partial charge in [0.2, 0.25) is 5.95 Å². The van der Waals surface area contributed by atoms with Gasteiger partial charge >= 0.3 is 0 Å². The third kappa shape index (κ3) is 2.69. The second-order valence-corrected chi connectivity index (χ2v) is 7.99. The molecule has 138 valence electrons. The molecule has 2 aliphatic heterocycles. The number of nitrogens with zero attached hydrogens (tertiary/aromatic N) is 3. The Hall–Kier alpha value is -2.53. The Kier molecular flexibility index (Phi) is 3.86. The first-order valence-electron chi connectivity index (χ1n) is 9.46. The number of hydrogen-bond donors (Lipinski definition) is 2. The first-order chi connectivity index (χ1) is 13.1. The van der Waals surface area contributed by atoms with E-state index in [4.69, 9.17) is 23.1 Å². The van der Waals surface area contributed by atoms with Gasteiger partial charge in [0.25, 0.3) is 0 Å². The normalized spacial score (nSPS) is 24.5. The van der Waals surface area contributed by atoms with Gasteiger partial charge in [-0.15, -0.1) is 0 Å². The number of anilines is 3. The average molecular weight is 380 g/mol. The van der Waals surface area contributed by atoms with E-state index >= 15 is 0 Å². The molecule has 2 saturated heterocycles. The number of halogens is 1. The Bertz CT molecular complexity index is 978. The van der Waals surface area contributed by atoms with Gasteiger partial charge in [0.15, 0.2) is 0 Å². The molecule has 1 aromatic heterocycles. The van der Waals surface area contributed by atoms with E-state index in [1.165, 1.54) is 29.3 Å². The van der Waals surface area contributed by atoms with Crippen LogP contribution in [0.3, 0.4) is 0 Å². The van der Waals surface area contributed by atoms with Crippen LogP contribution in [0.1, 0.15) is 37.2 Å². The number of piperidine rings is 1. The number of benzene rings is 2. The number of nitrogens with two attached hydrogens (primary N) is 2. The molecular weight excluding hydrogens is 358 g/mol. The van der Waals surface area contributed by atoms with Crippen LogP contribution in [-0.2, 0) is 0 Å². The summed E-state index contributed by atoms with van der Waals surface area (Å²) < 4.78 is 0. The number of nitrogen functional groups attached to an aromatic ring is 2. The van der Waals surface area contributed by atoms with E-state index in [-0.39, 0.29) is 11.9 Å². The Balaban J connectivity index is 1.51. The summed E-state index contributed by atoms with van der Waals surface area (Å²) in [5.41, 5.74) is 14.1. The van der Waals surface area contributed by atoms with Crippen LogP contribution in [0.25, 0.3) is 10.8 Å². The highest BCUT2D eigenvalue weighted by Gasteiger charge is 2.42. The average Bonchev–Trinajstić information content (AvgIpc) is 2.90. The van der Waals surface area contributed by atoms with Crippen molar-refractivity contribution >= 4 is 39.8 Å². The molecule has 0 amide bonds. The summed E-state index contributed by atoms with van der Waals surface area (Å²) in [6.07, 6.45) is 4.41. The van der Waals surface area contributed by atoms with Gasteiger partial charge in [-0.05, 0) is 43.1 Å². The molecule has 2 fully saturated rings. The Morgan fingerprint density at radius 3 is 2.37 bits per heavy atom. The molecule has 6 heteroatoms. The third-order valence-corrected chi connectivity index (χ3v) is 6.42. The van der Waals surface area contributed by atoms with Gasteiger partial charge in [-0.1, -0.05) is 48.0 Å². The van der Waals surface area contributed by atoms with Crippen molar-refractivity contribution in [2.45, 2.75) is 43.7 Å². The lowest BCUT2D eigenvalue weighted by atomic mass is 9.85. The summed E-state index contributed by atoms with van der Waals surface area (Å²) in [5.74, 6) is 0.842. The van der Waals surface area contributed by atoms with Gasteiger partial charge in [-0.25, -0.2) is 4.98 Å². The van der Waals surface area contributed by atoms with Crippen molar-refractivity contribution in [1.82, 2.24) is 9.97 Å². The standard InChI is InChI=1S/C21H22ClN5/c22-19-18(20(23)26-21(24)25-19)13-10-14-8-9-15(11-13)27(14)17-7-3-5-12-4-1-2-6-16(12)17/h1-7,13-15H,8-11H2,(H4,23,24,25,26). The fourth-order valence-corrected chi connectivity index (χ4v) is 5.43. The minimum atomic E-state index is 0.136. The van der Waals surface area contributed by atoms with E-state index in [0.29, 0.717) is 23.1 Å². The summed E-state index contributed by atoms with van der Waals surface area (Å²) in [6.45, 7) is 0. The van der Waals surface area contributed by atoms with Crippen LogP contribution in [0.5, 0.6) is 0 Å². The molecule has 0 radical (unpaired) electrons. The largest absolute Gasteiger partial charge is 0.383 e. The van der Waals surface area contributed by atoms with Crippen molar-refractivity contribution < 1.29 is 0 Å². The summed E-state index contributed by atoms with van der Waals surface area (Å²) in [7, 11) is 0. The zero-order valence-electron chi connectivity index (χ0n) is 15.0. The predicted molar refractivity (Wildman–Crippen MR) is 111 cm³/mol. The van der Waals surface area contributed by atoms with Gasteiger partial charge in [-0.2, -0.15) is 4.98 Å². The summed E-state index contributed by atoms with van der Waals surface area (Å²) in [4.78, 5) is 10.9.